The van der Waals surface area contributed by atoms with Gasteiger partial charge < -0.3 is 20.3 Å². The third-order valence-electron chi connectivity index (χ3n) is 3.16. The predicted octanol–water partition coefficient (Wildman–Crippen LogP) is 0.0200. The van der Waals surface area contributed by atoms with Crippen LogP contribution in [0.5, 0.6) is 0 Å². The molecule has 0 aromatic heterocycles. The molecule has 2 rings (SSSR count). The van der Waals surface area contributed by atoms with Gasteiger partial charge in [0.15, 0.2) is 6.23 Å². The van der Waals surface area contributed by atoms with E-state index < -0.39 is 30.6 Å². The first-order valence-electron chi connectivity index (χ1n) is 5.82. The van der Waals surface area contributed by atoms with E-state index in [-0.39, 0.29) is 6.61 Å². The van der Waals surface area contributed by atoms with Crippen molar-refractivity contribution in [2.24, 2.45) is 5.11 Å². The second kappa shape index (κ2) is 5.45. The molecule has 0 saturated carbocycles. The summed E-state index contributed by atoms with van der Waals surface area (Å²) in [5, 5.41) is 24.5. The summed E-state index contributed by atoms with van der Waals surface area (Å²) in [6, 6.07) is -1.02. The monoisotopic (exact) mass is 269 g/mol. The minimum Gasteiger partial charge on any atom is -0.394 e. The number of ether oxygens (including phenoxy) is 1. The van der Waals surface area contributed by atoms with Crippen molar-refractivity contribution in [2.75, 3.05) is 6.61 Å². The number of carbonyl (C=O) groups excluding carboxylic acids is 1. The first kappa shape index (κ1) is 13.6. The topological polar surface area (TPSA) is 131 Å². The Hall–Kier alpha value is -1.80. The Morgan fingerprint density at radius 1 is 1.74 bits per heavy atom. The molecule has 2 aliphatic rings. The number of nitrogens with zero attached hydrogens (tertiary/aromatic N) is 4. The van der Waals surface area contributed by atoms with Crippen molar-refractivity contribution in [2.45, 2.75) is 37.9 Å². The molecule has 19 heavy (non-hydrogen) atoms. The van der Waals surface area contributed by atoms with Crippen LogP contribution in [-0.2, 0) is 4.74 Å². The van der Waals surface area contributed by atoms with Crippen LogP contribution in [0.3, 0.4) is 0 Å². The van der Waals surface area contributed by atoms with Crippen LogP contribution in [0, 0.1) is 0 Å². The fraction of sp³-hybridized carbons (Fsp3) is 0.700. The predicted molar refractivity (Wildman–Crippen MR) is 63.4 cm³/mol. The number of rotatable bonds is 3. The normalized spacial score (nSPS) is 34.6. The zero-order chi connectivity index (χ0) is 14.0. The third-order valence-corrected chi connectivity index (χ3v) is 3.16. The quantitative estimate of drug-likeness (QED) is 0.378. The molecular weight excluding hydrogens is 254 g/mol. The summed E-state index contributed by atoms with van der Waals surface area (Å²) in [6.07, 6.45) is -0.486. The number of aliphatic hydroxyl groups is 2. The van der Waals surface area contributed by atoms with Gasteiger partial charge in [0.1, 0.15) is 6.23 Å². The molecule has 0 spiro atoms. The Morgan fingerprint density at radius 3 is 3.11 bits per heavy atom. The second-order valence-corrected chi connectivity index (χ2v) is 4.45. The van der Waals surface area contributed by atoms with Gasteiger partial charge in [0.25, 0.3) is 0 Å². The van der Waals surface area contributed by atoms with Crippen LogP contribution in [0.4, 0.5) is 4.79 Å². The highest BCUT2D eigenvalue weighted by Gasteiger charge is 2.40. The average Bonchev–Trinajstić information content (AvgIpc) is 2.77. The van der Waals surface area contributed by atoms with Gasteiger partial charge in [-0.2, -0.15) is 0 Å². The molecule has 2 aliphatic heterocycles. The highest BCUT2D eigenvalue weighted by molar-refractivity contribution is 5.77. The van der Waals surface area contributed by atoms with Crippen molar-refractivity contribution in [1.29, 1.82) is 0 Å². The number of hydrogen-bond acceptors (Lipinski definition) is 5. The summed E-state index contributed by atoms with van der Waals surface area (Å²) in [5.41, 5.74) is 9.01. The molecule has 0 aromatic carbocycles. The molecule has 2 heterocycles. The molecule has 0 aromatic rings. The number of nitrogens with one attached hydrogen (secondary N) is 1. The molecule has 1 fully saturated rings. The van der Waals surface area contributed by atoms with Crippen molar-refractivity contribution in [3.63, 3.8) is 0 Å². The van der Waals surface area contributed by atoms with Gasteiger partial charge in [0.05, 0.1) is 18.8 Å². The van der Waals surface area contributed by atoms with Gasteiger partial charge in [-0.15, -0.1) is 0 Å². The van der Waals surface area contributed by atoms with Crippen LogP contribution in [-0.4, -0.2) is 52.4 Å². The minimum atomic E-state index is -1.01. The molecule has 104 valence electrons. The van der Waals surface area contributed by atoms with E-state index in [4.69, 9.17) is 15.4 Å². The van der Waals surface area contributed by atoms with Crippen LogP contribution < -0.4 is 5.32 Å². The lowest BCUT2D eigenvalue weighted by Gasteiger charge is -2.32. The largest absolute Gasteiger partial charge is 0.394 e. The maximum Gasteiger partial charge on any atom is 0.325 e. The van der Waals surface area contributed by atoms with Crippen molar-refractivity contribution < 1.29 is 19.7 Å². The second-order valence-electron chi connectivity index (χ2n) is 4.45. The molecule has 4 atom stereocenters. The van der Waals surface area contributed by atoms with Crippen LogP contribution in [0.2, 0.25) is 0 Å². The van der Waals surface area contributed by atoms with Crippen molar-refractivity contribution in [3.05, 3.63) is 22.2 Å². The van der Waals surface area contributed by atoms with E-state index in [2.05, 4.69) is 15.3 Å². The molecule has 3 N–H and O–H groups in total. The summed E-state index contributed by atoms with van der Waals surface area (Å²) >= 11 is 0. The number of carbonyl (C=O) groups is 1. The molecule has 0 aliphatic carbocycles. The summed E-state index contributed by atoms with van der Waals surface area (Å²) in [7, 11) is 0. The first-order valence-corrected chi connectivity index (χ1v) is 5.82. The number of aliphatic hydroxyl groups excluding tert-OH is 2. The third kappa shape index (κ3) is 2.64. The summed E-state index contributed by atoms with van der Waals surface area (Å²) < 4.78 is 5.49. The molecule has 0 bridgehead atoms. The molecule has 9 heteroatoms. The smallest absolute Gasteiger partial charge is 0.325 e. The molecule has 2 unspecified atom stereocenters. The molecule has 9 nitrogen and oxygen atoms in total. The van der Waals surface area contributed by atoms with E-state index in [1.54, 1.807) is 6.92 Å². The van der Waals surface area contributed by atoms with Crippen LogP contribution in [0.1, 0.15) is 13.3 Å². The van der Waals surface area contributed by atoms with Crippen LogP contribution >= 0.6 is 0 Å². The maximum atomic E-state index is 11.8. The Bertz CT molecular complexity index is 447. The standard InChI is InChI=1S/C10H15N5O4/c1-5-3-15(10(18)12-9(5)17)8-2-6(13-14-11)7(4-16)19-8/h3,6-9,16-17H,2,4H2,1H3,(H,12,18)/t6?,7-,8?,9+/m1/s1. The molecule has 0 radical (unpaired) electrons. The van der Waals surface area contributed by atoms with Gasteiger partial charge in [0, 0.05) is 17.5 Å². The number of amides is 2. The SMILES string of the molecule is CC1=CN(C2CC(N=[N+]=[N-])[C@@H](CO)O2)C(=O)N[C@H]1O. The van der Waals surface area contributed by atoms with E-state index in [9.17, 15) is 9.90 Å². The van der Waals surface area contributed by atoms with E-state index in [1.807, 2.05) is 0 Å². The Morgan fingerprint density at radius 2 is 2.47 bits per heavy atom. The van der Waals surface area contributed by atoms with Gasteiger partial charge in [-0.1, -0.05) is 5.11 Å². The highest BCUT2D eigenvalue weighted by atomic mass is 16.5. The van der Waals surface area contributed by atoms with Crippen molar-refractivity contribution in [1.82, 2.24) is 10.2 Å². The average molecular weight is 269 g/mol. The zero-order valence-electron chi connectivity index (χ0n) is 10.3. The first-order chi connectivity index (χ1) is 9.06. The molecule has 1 saturated heterocycles. The van der Waals surface area contributed by atoms with Gasteiger partial charge >= 0.3 is 6.03 Å². The Balaban J connectivity index is 2.15. The van der Waals surface area contributed by atoms with Crippen molar-refractivity contribution in [3.8, 4) is 0 Å². The molecule has 2 amide bonds. The van der Waals surface area contributed by atoms with Crippen LogP contribution in [0.15, 0.2) is 16.9 Å². The number of urea groups is 1. The summed E-state index contributed by atoms with van der Waals surface area (Å²) in [6.45, 7) is 1.38. The fourth-order valence-electron chi connectivity index (χ4n) is 2.11. The zero-order valence-corrected chi connectivity index (χ0v) is 10.3. The minimum absolute atomic E-state index is 0.291. The summed E-state index contributed by atoms with van der Waals surface area (Å²) in [4.78, 5) is 15.8. The Kier molecular flexibility index (Phi) is 3.91. The van der Waals surface area contributed by atoms with E-state index >= 15 is 0 Å². The van der Waals surface area contributed by atoms with Gasteiger partial charge in [-0.3, -0.25) is 4.90 Å². The lowest BCUT2D eigenvalue weighted by molar-refractivity contribution is -0.0418. The van der Waals surface area contributed by atoms with Gasteiger partial charge in [-0.05, 0) is 18.0 Å². The van der Waals surface area contributed by atoms with E-state index in [0.717, 1.165) is 0 Å². The fourth-order valence-corrected chi connectivity index (χ4v) is 2.11. The molecular formula is C10H15N5O4. The Labute approximate surface area is 109 Å². The van der Waals surface area contributed by atoms with Gasteiger partial charge in [0.2, 0.25) is 0 Å². The van der Waals surface area contributed by atoms with Gasteiger partial charge in [-0.25, -0.2) is 4.79 Å². The van der Waals surface area contributed by atoms with E-state index in [0.29, 0.717) is 12.0 Å². The van der Waals surface area contributed by atoms with Crippen molar-refractivity contribution >= 4 is 6.03 Å². The van der Waals surface area contributed by atoms with E-state index in [1.165, 1.54) is 11.1 Å². The van der Waals surface area contributed by atoms with Crippen LogP contribution in [0.25, 0.3) is 10.4 Å². The number of hydrogen-bond donors (Lipinski definition) is 3. The number of azide groups is 1. The lowest BCUT2D eigenvalue weighted by atomic mass is 10.1. The summed E-state index contributed by atoms with van der Waals surface area (Å²) in [5.74, 6) is 0. The maximum absolute atomic E-state index is 11.8. The lowest BCUT2D eigenvalue weighted by Crippen LogP contribution is -2.51. The highest BCUT2D eigenvalue weighted by Crippen LogP contribution is 2.27.